The van der Waals surface area contributed by atoms with E-state index in [-0.39, 0.29) is 5.91 Å². The van der Waals surface area contributed by atoms with E-state index in [9.17, 15) is 4.79 Å². The van der Waals surface area contributed by atoms with Crippen LogP contribution in [0.1, 0.15) is 23.7 Å². The molecule has 0 unspecified atom stereocenters. The van der Waals surface area contributed by atoms with Gasteiger partial charge < -0.3 is 19.5 Å². The van der Waals surface area contributed by atoms with E-state index in [1.165, 1.54) is 0 Å². The van der Waals surface area contributed by atoms with Crippen LogP contribution in [-0.2, 0) is 0 Å². The van der Waals surface area contributed by atoms with Crippen molar-refractivity contribution in [2.45, 2.75) is 13.3 Å². The van der Waals surface area contributed by atoms with E-state index < -0.39 is 0 Å². The fourth-order valence-electron chi connectivity index (χ4n) is 2.02. The van der Waals surface area contributed by atoms with Gasteiger partial charge in [-0.15, -0.1) is 0 Å². The molecule has 0 spiro atoms. The fourth-order valence-corrected chi connectivity index (χ4v) is 2.02. The predicted octanol–water partition coefficient (Wildman–Crippen LogP) is 3.74. The average molecular weight is 315 g/mol. The van der Waals surface area contributed by atoms with Gasteiger partial charge in [-0.05, 0) is 42.8 Å². The zero-order valence-corrected chi connectivity index (χ0v) is 13.6. The lowest BCUT2D eigenvalue weighted by Crippen LogP contribution is -2.12. The molecule has 5 nitrogen and oxygen atoms in total. The Labute approximate surface area is 136 Å². The van der Waals surface area contributed by atoms with Crippen molar-refractivity contribution in [3.05, 3.63) is 48.0 Å². The highest BCUT2D eigenvalue weighted by Crippen LogP contribution is 2.29. The van der Waals surface area contributed by atoms with Crippen LogP contribution in [0.5, 0.6) is 17.2 Å². The topological polar surface area (TPSA) is 56.8 Å². The Bertz CT molecular complexity index is 653. The normalized spacial score (nSPS) is 10.0. The Morgan fingerprint density at radius 1 is 1.00 bits per heavy atom. The molecule has 2 aromatic rings. The van der Waals surface area contributed by atoms with E-state index in [1.54, 1.807) is 56.7 Å². The highest BCUT2D eigenvalue weighted by Gasteiger charge is 2.11. The number of methoxy groups -OCH3 is 2. The molecule has 0 aliphatic carbocycles. The summed E-state index contributed by atoms with van der Waals surface area (Å²) in [5.41, 5.74) is 1.14. The van der Waals surface area contributed by atoms with E-state index in [1.807, 2.05) is 6.92 Å². The van der Waals surface area contributed by atoms with Crippen LogP contribution < -0.4 is 19.5 Å². The highest BCUT2D eigenvalue weighted by atomic mass is 16.5. The van der Waals surface area contributed by atoms with Gasteiger partial charge in [-0.3, -0.25) is 4.79 Å². The average Bonchev–Trinajstić information content (AvgIpc) is 2.60. The van der Waals surface area contributed by atoms with Crippen LogP contribution in [-0.4, -0.2) is 26.7 Å². The van der Waals surface area contributed by atoms with Crippen LogP contribution in [0.3, 0.4) is 0 Å². The fraction of sp³-hybridized carbons (Fsp3) is 0.278. The van der Waals surface area contributed by atoms with Gasteiger partial charge in [0, 0.05) is 11.6 Å². The second kappa shape index (κ2) is 8.08. The van der Waals surface area contributed by atoms with Gasteiger partial charge in [0.15, 0.2) is 0 Å². The first-order chi connectivity index (χ1) is 11.2. The minimum atomic E-state index is -0.212. The summed E-state index contributed by atoms with van der Waals surface area (Å²) in [6.07, 6.45) is 0.944. The lowest BCUT2D eigenvalue weighted by molar-refractivity contribution is 0.102. The van der Waals surface area contributed by atoms with Crippen LogP contribution >= 0.6 is 0 Å². The van der Waals surface area contributed by atoms with Crippen molar-refractivity contribution in [2.75, 3.05) is 26.1 Å². The lowest BCUT2D eigenvalue weighted by Gasteiger charge is -2.12. The van der Waals surface area contributed by atoms with Crippen molar-refractivity contribution in [1.82, 2.24) is 0 Å². The molecule has 0 atom stereocenters. The molecule has 0 saturated heterocycles. The van der Waals surface area contributed by atoms with Crippen LogP contribution in [0, 0.1) is 0 Å². The third-order valence-corrected chi connectivity index (χ3v) is 3.25. The predicted molar refractivity (Wildman–Crippen MR) is 89.7 cm³/mol. The summed E-state index contributed by atoms with van der Waals surface area (Å²) >= 11 is 0. The number of hydrogen-bond donors (Lipinski definition) is 1. The summed E-state index contributed by atoms with van der Waals surface area (Å²) in [6.45, 7) is 2.71. The summed E-state index contributed by atoms with van der Waals surface area (Å²) in [5, 5.41) is 2.83. The van der Waals surface area contributed by atoms with E-state index in [0.29, 0.717) is 29.4 Å². The maximum absolute atomic E-state index is 12.3. The van der Waals surface area contributed by atoms with Crippen molar-refractivity contribution in [3.63, 3.8) is 0 Å². The standard InChI is InChI=1S/C18H21NO4/c1-4-11-23-14-7-5-13(6-8-14)18(20)19-16-10-9-15(21-2)12-17(16)22-3/h5-10,12H,4,11H2,1-3H3,(H,19,20). The van der Waals surface area contributed by atoms with Crippen molar-refractivity contribution in [1.29, 1.82) is 0 Å². The number of nitrogens with one attached hydrogen (secondary N) is 1. The van der Waals surface area contributed by atoms with Gasteiger partial charge in [-0.1, -0.05) is 6.92 Å². The van der Waals surface area contributed by atoms with E-state index in [2.05, 4.69) is 5.32 Å². The number of ether oxygens (including phenoxy) is 3. The van der Waals surface area contributed by atoms with Gasteiger partial charge >= 0.3 is 0 Å². The second-order valence-corrected chi connectivity index (χ2v) is 4.89. The van der Waals surface area contributed by atoms with Gasteiger partial charge in [-0.2, -0.15) is 0 Å². The molecule has 0 aliphatic heterocycles. The molecule has 1 N–H and O–H groups in total. The first kappa shape index (κ1) is 16.7. The molecule has 0 bridgehead atoms. The van der Waals surface area contributed by atoms with Crippen molar-refractivity contribution in [3.8, 4) is 17.2 Å². The minimum Gasteiger partial charge on any atom is -0.497 e. The first-order valence-electron chi connectivity index (χ1n) is 7.44. The number of carbonyl (C=O) groups is 1. The monoisotopic (exact) mass is 315 g/mol. The minimum absolute atomic E-state index is 0.212. The molecule has 0 radical (unpaired) electrons. The summed E-state index contributed by atoms with van der Waals surface area (Å²) in [6, 6.07) is 12.3. The SMILES string of the molecule is CCCOc1ccc(C(=O)Nc2ccc(OC)cc2OC)cc1. The smallest absolute Gasteiger partial charge is 0.255 e. The summed E-state index contributed by atoms with van der Waals surface area (Å²) < 4.78 is 15.9. The Kier molecular flexibility index (Phi) is 5.86. The largest absolute Gasteiger partial charge is 0.497 e. The third kappa shape index (κ3) is 4.39. The Hall–Kier alpha value is -2.69. The summed E-state index contributed by atoms with van der Waals surface area (Å²) in [7, 11) is 3.12. The number of anilines is 1. The molecule has 0 aromatic heterocycles. The number of carbonyl (C=O) groups excluding carboxylic acids is 1. The number of amides is 1. The van der Waals surface area contributed by atoms with Crippen molar-refractivity contribution < 1.29 is 19.0 Å². The molecular weight excluding hydrogens is 294 g/mol. The van der Waals surface area contributed by atoms with Crippen LogP contribution in [0.15, 0.2) is 42.5 Å². The number of benzene rings is 2. The lowest BCUT2D eigenvalue weighted by atomic mass is 10.2. The Morgan fingerprint density at radius 3 is 2.30 bits per heavy atom. The first-order valence-corrected chi connectivity index (χ1v) is 7.44. The maximum Gasteiger partial charge on any atom is 0.255 e. The molecule has 122 valence electrons. The molecule has 0 aliphatic rings. The zero-order valence-electron chi connectivity index (χ0n) is 13.6. The second-order valence-electron chi connectivity index (χ2n) is 4.89. The van der Waals surface area contributed by atoms with Gasteiger partial charge in [0.25, 0.3) is 5.91 Å². The number of rotatable bonds is 7. The van der Waals surface area contributed by atoms with Crippen LogP contribution in [0.2, 0.25) is 0 Å². The highest BCUT2D eigenvalue weighted by molar-refractivity contribution is 6.05. The van der Waals surface area contributed by atoms with Crippen LogP contribution in [0.25, 0.3) is 0 Å². The van der Waals surface area contributed by atoms with Gasteiger partial charge in [0.1, 0.15) is 17.2 Å². The molecule has 0 heterocycles. The van der Waals surface area contributed by atoms with Crippen molar-refractivity contribution >= 4 is 11.6 Å². The van der Waals surface area contributed by atoms with Gasteiger partial charge in [0.2, 0.25) is 0 Å². The zero-order chi connectivity index (χ0) is 16.7. The van der Waals surface area contributed by atoms with E-state index >= 15 is 0 Å². The van der Waals surface area contributed by atoms with Gasteiger partial charge in [-0.25, -0.2) is 0 Å². The molecule has 23 heavy (non-hydrogen) atoms. The number of hydrogen-bond acceptors (Lipinski definition) is 4. The Morgan fingerprint density at radius 2 is 1.70 bits per heavy atom. The van der Waals surface area contributed by atoms with Crippen LogP contribution in [0.4, 0.5) is 5.69 Å². The summed E-state index contributed by atoms with van der Waals surface area (Å²) in [5.74, 6) is 1.75. The quantitative estimate of drug-likeness (QED) is 0.845. The Balaban J connectivity index is 2.09. The molecule has 1 amide bonds. The molecule has 5 heteroatoms. The molecule has 0 saturated carbocycles. The third-order valence-electron chi connectivity index (χ3n) is 3.25. The molecule has 0 fully saturated rings. The van der Waals surface area contributed by atoms with E-state index in [0.717, 1.165) is 12.2 Å². The molecular formula is C18H21NO4. The van der Waals surface area contributed by atoms with Crippen molar-refractivity contribution in [2.24, 2.45) is 0 Å². The van der Waals surface area contributed by atoms with Gasteiger partial charge in [0.05, 0.1) is 26.5 Å². The maximum atomic E-state index is 12.3. The summed E-state index contributed by atoms with van der Waals surface area (Å²) in [4.78, 5) is 12.3. The molecule has 2 rings (SSSR count). The van der Waals surface area contributed by atoms with E-state index in [4.69, 9.17) is 14.2 Å². The molecule has 2 aromatic carbocycles.